The van der Waals surface area contributed by atoms with Gasteiger partial charge < -0.3 is 20.3 Å². The van der Waals surface area contributed by atoms with Crippen molar-refractivity contribution < 1.29 is 14.3 Å². The summed E-state index contributed by atoms with van der Waals surface area (Å²) < 4.78 is 5.36. The number of morpholine rings is 1. The Morgan fingerprint density at radius 3 is 2.42 bits per heavy atom. The van der Waals surface area contributed by atoms with Crippen LogP contribution in [0, 0.1) is 0 Å². The van der Waals surface area contributed by atoms with Gasteiger partial charge in [0.25, 0.3) is 5.91 Å². The lowest BCUT2D eigenvalue weighted by Crippen LogP contribution is -2.43. The summed E-state index contributed by atoms with van der Waals surface area (Å²) in [5, 5.41) is 6.15. The van der Waals surface area contributed by atoms with Crippen LogP contribution in [-0.2, 0) is 9.53 Å². The minimum absolute atomic E-state index is 0. The highest BCUT2D eigenvalue weighted by atomic mass is 35.5. The maximum Gasteiger partial charge on any atom is 0.253 e. The van der Waals surface area contributed by atoms with E-state index in [9.17, 15) is 9.59 Å². The van der Waals surface area contributed by atoms with Crippen LogP contribution in [0.15, 0.2) is 24.3 Å². The van der Waals surface area contributed by atoms with Crippen LogP contribution in [0.2, 0.25) is 0 Å². The molecule has 7 heteroatoms. The van der Waals surface area contributed by atoms with Crippen molar-refractivity contribution in [3.05, 3.63) is 29.8 Å². The first-order chi connectivity index (χ1) is 12.2. The summed E-state index contributed by atoms with van der Waals surface area (Å²) in [6.45, 7) is 3.73. The molecule has 2 fully saturated rings. The zero-order valence-electron chi connectivity index (χ0n) is 15.0. The van der Waals surface area contributed by atoms with Crippen molar-refractivity contribution in [3.63, 3.8) is 0 Å². The van der Waals surface area contributed by atoms with Gasteiger partial charge in [-0.2, -0.15) is 0 Å². The molecule has 2 aliphatic heterocycles. The second-order valence-electron chi connectivity index (χ2n) is 6.76. The van der Waals surface area contributed by atoms with E-state index in [4.69, 9.17) is 4.74 Å². The zero-order chi connectivity index (χ0) is 17.5. The number of carbonyl (C=O) groups excluding carboxylic acids is 2. The number of likely N-dealkylation sites (tertiary alicyclic amines) is 1. The number of hydrogen-bond acceptors (Lipinski definition) is 4. The van der Waals surface area contributed by atoms with E-state index >= 15 is 0 Å². The molecule has 2 heterocycles. The van der Waals surface area contributed by atoms with Crippen LogP contribution in [0.4, 0.5) is 5.69 Å². The molecule has 0 aliphatic carbocycles. The molecule has 3 rings (SSSR count). The van der Waals surface area contributed by atoms with Crippen molar-refractivity contribution >= 4 is 29.9 Å². The lowest BCUT2D eigenvalue weighted by atomic mass is 10.1. The lowest BCUT2D eigenvalue weighted by Gasteiger charge is -2.23. The van der Waals surface area contributed by atoms with Crippen molar-refractivity contribution in [1.29, 1.82) is 0 Å². The predicted molar refractivity (Wildman–Crippen MR) is 104 cm³/mol. The summed E-state index contributed by atoms with van der Waals surface area (Å²) in [7, 11) is 0. The van der Waals surface area contributed by atoms with Crippen molar-refractivity contribution in [2.24, 2.45) is 0 Å². The fourth-order valence-corrected chi connectivity index (χ4v) is 3.34. The number of carbonyl (C=O) groups is 2. The number of rotatable bonds is 4. The number of hydrogen-bond donors (Lipinski definition) is 2. The van der Waals surface area contributed by atoms with E-state index in [1.165, 1.54) is 12.8 Å². The van der Waals surface area contributed by atoms with Gasteiger partial charge in [0.15, 0.2) is 0 Å². The molecule has 2 aliphatic rings. The average Bonchev–Trinajstić information content (AvgIpc) is 2.92. The second-order valence-corrected chi connectivity index (χ2v) is 6.76. The van der Waals surface area contributed by atoms with Gasteiger partial charge in [0.2, 0.25) is 5.91 Å². The highest BCUT2D eigenvalue weighted by Crippen LogP contribution is 2.16. The molecule has 2 saturated heterocycles. The molecule has 26 heavy (non-hydrogen) atoms. The van der Waals surface area contributed by atoms with Crippen LogP contribution in [0.3, 0.4) is 0 Å². The predicted octanol–water partition coefficient (Wildman–Crippen LogP) is 2.44. The molecular weight excluding hydrogens is 354 g/mol. The molecule has 0 aromatic heterocycles. The number of ether oxygens (including phenoxy) is 1. The Labute approximate surface area is 161 Å². The van der Waals surface area contributed by atoms with Gasteiger partial charge in [-0.1, -0.05) is 12.8 Å². The lowest BCUT2D eigenvalue weighted by molar-refractivity contribution is -0.117. The van der Waals surface area contributed by atoms with E-state index in [0.29, 0.717) is 30.9 Å². The molecule has 0 spiro atoms. The zero-order valence-corrected chi connectivity index (χ0v) is 15.9. The van der Waals surface area contributed by atoms with Gasteiger partial charge >= 0.3 is 0 Å². The SMILES string of the molecule is Cl.O=C(CC1COCCN1)Nc1ccc(C(=O)N2CCCCCC2)cc1. The minimum atomic E-state index is -0.0467. The number of nitrogens with zero attached hydrogens (tertiary/aromatic N) is 1. The molecule has 0 saturated carbocycles. The van der Waals surface area contributed by atoms with Crippen LogP contribution < -0.4 is 10.6 Å². The molecule has 1 aromatic carbocycles. The van der Waals surface area contributed by atoms with Gasteiger partial charge in [-0.25, -0.2) is 0 Å². The van der Waals surface area contributed by atoms with Gasteiger partial charge in [0, 0.05) is 43.3 Å². The third kappa shape index (κ3) is 5.97. The van der Waals surface area contributed by atoms with Crippen LogP contribution >= 0.6 is 12.4 Å². The third-order valence-corrected chi connectivity index (χ3v) is 4.74. The maximum absolute atomic E-state index is 12.6. The highest BCUT2D eigenvalue weighted by molar-refractivity contribution is 5.96. The number of amides is 2. The van der Waals surface area contributed by atoms with E-state index in [0.717, 1.165) is 32.5 Å². The van der Waals surface area contributed by atoms with E-state index in [1.807, 2.05) is 4.90 Å². The molecule has 2 N–H and O–H groups in total. The molecule has 1 aromatic rings. The van der Waals surface area contributed by atoms with Crippen molar-refractivity contribution in [1.82, 2.24) is 10.2 Å². The van der Waals surface area contributed by atoms with Crippen LogP contribution in [0.5, 0.6) is 0 Å². The Kier molecular flexibility index (Phi) is 8.35. The topological polar surface area (TPSA) is 70.7 Å². The average molecular weight is 382 g/mol. The van der Waals surface area contributed by atoms with E-state index in [1.54, 1.807) is 24.3 Å². The van der Waals surface area contributed by atoms with Crippen LogP contribution in [-0.4, -0.2) is 55.6 Å². The first-order valence-corrected chi connectivity index (χ1v) is 9.23. The summed E-state index contributed by atoms with van der Waals surface area (Å²) in [6.07, 6.45) is 4.96. The van der Waals surface area contributed by atoms with Crippen molar-refractivity contribution in [3.8, 4) is 0 Å². The second kappa shape index (κ2) is 10.5. The Bertz CT molecular complexity index is 580. The highest BCUT2D eigenvalue weighted by Gasteiger charge is 2.18. The molecule has 0 radical (unpaired) electrons. The van der Waals surface area contributed by atoms with Gasteiger partial charge in [0.05, 0.1) is 13.2 Å². The molecule has 0 bridgehead atoms. The van der Waals surface area contributed by atoms with E-state index < -0.39 is 0 Å². The Hall–Kier alpha value is -1.63. The van der Waals surface area contributed by atoms with Gasteiger partial charge in [-0.3, -0.25) is 9.59 Å². The molecule has 2 amide bonds. The molecule has 1 unspecified atom stereocenters. The molecule has 1 atom stereocenters. The maximum atomic E-state index is 12.6. The normalized spacial score (nSPS) is 20.6. The Morgan fingerprint density at radius 1 is 1.12 bits per heavy atom. The number of anilines is 1. The summed E-state index contributed by atoms with van der Waals surface area (Å²) in [4.78, 5) is 26.6. The summed E-state index contributed by atoms with van der Waals surface area (Å²) in [5.74, 6) is 0.0397. The van der Waals surface area contributed by atoms with Crippen LogP contribution in [0.25, 0.3) is 0 Å². The fraction of sp³-hybridized carbons (Fsp3) is 0.579. The quantitative estimate of drug-likeness (QED) is 0.840. The Morgan fingerprint density at radius 2 is 1.81 bits per heavy atom. The summed E-state index contributed by atoms with van der Waals surface area (Å²) >= 11 is 0. The molecule has 6 nitrogen and oxygen atoms in total. The first kappa shape index (κ1) is 20.7. The number of halogens is 1. The summed E-state index contributed by atoms with van der Waals surface area (Å²) in [5.41, 5.74) is 1.40. The number of benzene rings is 1. The minimum Gasteiger partial charge on any atom is -0.378 e. The van der Waals surface area contributed by atoms with Crippen molar-refractivity contribution in [2.45, 2.75) is 38.1 Å². The van der Waals surface area contributed by atoms with Gasteiger partial charge in [-0.05, 0) is 37.1 Å². The van der Waals surface area contributed by atoms with Gasteiger partial charge in [-0.15, -0.1) is 12.4 Å². The molecule has 144 valence electrons. The third-order valence-electron chi connectivity index (χ3n) is 4.74. The largest absolute Gasteiger partial charge is 0.378 e. The Balaban J connectivity index is 0.00000243. The fourth-order valence-electron chi connectivity index (χ4n) is 3.34. The smallest absolute Gasteiger partial charge is 0.253 e. The van der Waals surface area contributed by atoms with Crippen molar-refractivity contribution in [2.75, 3.05) is 38.2 Å². The first-order valence-electron chi connectivity index (χ1n) is 9.23. The molecular formula is C19H28ClN3O3. The van der Waals surface area contributed by atoms with E-state index in [-0.39, 0.29) is 30.3 Å². The summed E-state index contributed by atoms with van der Waals surface area (Å²) in [6, 6.07) is 7.26. The van der Waals surface area contributed by atoms with Crippen LogP contribution in [0.1, 0.15) is 42.5 Å². The number of nitrogens with one attached hydrogen (secondary N) is 2. The van der Waals surface area contributed by atoms with E-state index in [2.05, 4.69) is 10.6 Å². The monoisotopic (exact) mass is 381 g/mol. The van der Waals surface area contributed by atoms with Gasteiger partial charge in [0.1, 0.15) is 0 Å². The standard InChI is InChI=1S/C19H27N3O3.ClH/c23-18(13-17-14-25-12-9-20-17)21-16-7-5-15(6-8-16)19(24)22-10-3-1-2-4-11-22;/h5-8,17,20H,1-4,9-14H2,(H,21,23);1H.